The number of aromatic nitrogens is 3. The molecule has 5 rings (SSSR count). The molecule has 0 unspecified atom stereocenters. The smallest absolute Gasteiger partial charge is 0.253 e. The predicted octanol–water partition coefficient (Wildman–Crippen LogP) is 3.73. The van der Waals surface area contributed by atoms with E-state index in [9.17, 15) is 5.11 Å². The average molecular weight is 417 g/mol. The van der Waals surface area contributed by atoms with Crippen LogP contribution in [0.1, 0.15) is 11.7 Å². The molecule has 3 heterocycles. The fourth-order valence-corrected chi connectivity index (χ4v) is 3.91. The Balaban J connectivity index is 1.28. The Morgan fingerprint density at radius 3 is 2.45 bits per heavy atom. The lowest BCUT2D eigenvalue weighted by molar-refractivity contribution is 0.226. The molecule has 0 atom stereocenters. The fourth-order valence-electron chi connectivity index (χ4n) is 3.91. The zero-order valence-corrected chi connectivity index (χ0v) is 17.2. The number of anilines is 1. The SMILES string of the molecule is Cc1onc(-c2ccccc2)c1-c1nnc(CN2CCN(c3ccccc3O)CC2)o1. The van der Waals surface area contributed by atoms with Crippen molar-refractivity contribution in [2.45, 2.75) is 13.5 Å². The van der Waals surface area contributed by atoms with E-state index in [1.807, 2.05) is 55.5 Å². The van der Waals surface area contributed by atoms with Crippen molar-refractivity contribution < 1.29 is 14.0 Å². The quantitative estimate of drug-likeness (QED) is 0.525. The molecule has 1 N–H and O–H groups in total. The summed E-state index contributed by atoms with van der Waals surface area (Å²) in [5, 5.41) is 22.8. The lowest BCUT2D eigenvalue weighted by Gasteiger charge is -2.35. The van der Waals surface area contributed by atoms with Crippen LogP contribution in [0.15, 0.2) is 63.5 Å². The van der Waals surface area contributed by atoms with E-state index >= 15 is 0 Å². The molecule has 0 spiro atoms. The minimum atomic E-state index is 0.316. The van der Waals surface area contributed by atoms with Gasteiger partial charge in [0, 0.05) is 31.7 Å². The molecule has 1 saturated heterocycles. The minimum absolute atomic E-state index is 0.316. The third-order valence-electron chi connectivity index (χ3n) is 5.54. The summed E-state index contributed by atoms with van der Waals surface area (Å²) in [5.41, 5.74) is 3.24. The maximum Gasteiger partial charge on any atom is 0.253 e. The van der Waals surface area contributed by atoms with E-state index in [1.54, 1.807) is 6.07 Å². The van der Waals surface area contributed by atoms with Gasteiger partial charge in [-0.1, -0.05) is 47.6 Å². The molecule has 1 aliphatic rings. The average Bonchev–Trinajstić information content (AvgIpc) is 3.41. The van der Waals surface area contributed by atoms with Gasteiger partial charge in [0.05, 0.1) is 12.2 Å². The number of benzene rings is 2. The van der Waals surface area contributed by atoms with Crippen LogP contribution in [0.25, 0.3) is 22.7 Å². The molecule has 2 aromatic carbocycles. The maximum atomic E-state index is 10.1. The van der Waals surface area contributed by atoms with Gasteiger partial charge in [0.15, 0.2) is 0 Å². The second-order valence-electron chi connectivity index (χ2n) is 7.58. The highest BCUT2D eigenvalue weighted by Gasteiger charge is 2.24. The van der Waals surface area contributed by atoms with Gasteiger partial charge in [-0.2, -0.15) is 0 Å². The Morgan fingerprint density at radius 2 is 1.68 bits per heavy atom. The van der Waals surface area contributed by atoms with Gasteiger partial charge in [0.25, 0.3) is 5.89 Å². The first kappa shape index (κ1) is 19.3. The van der Waals surface area contributed by atoms with Gasteiger partial charge in [0.1, 0.15) is 22.8 Å². The molecule has 8 heteroatoms. The van der Waals surface area contributed by atoms with Gasteiger partial charge in [-0.15, -0.1) is 10.2 Å². The lowest BCUT2D eigenvalue weighted by atomic mass is 10.1. The van der Waals surface area contributed by atoms with Crippen molar-refractivity contribution in [1.29, 1.82) is 0 Å². The fraction of sp³-hybridized carbons (Fsp3) is 0.261. The number of aromatic hydroxyl groups is 1. The van der Waals surface area contributed by atoms with Gasteiger partial charge in [-0.3, -0.25) is 4.90 Å². The molecule has 31 heavy (non-hydrogen) atoms. The van der Waals surface area contributed by atoms with Gasteiger partial charge < -0.3 is 18.9 Å². The summed E-state index contributed by atoms with van der Waals surface area (Å²) in [6.07, 6.45) is 0. The molecule has 2 aromatic heterocycles. The highest BCUT2D eigenvalue weighted by molar-refractivity contribution is 5.77. The third kappa shape index (κ3) is 3.89. The zero-order chi connectivity index (χ0) is 21.2. The zero-order valence-electron chi connectivity index (χ0n) is 17.2. The minimum Gasteiger partial charge on any atom is -0.506 e. The summed E-state index contributed by atoms with van der Waals surface area (Å²) in [6.45, 7) is 5.74. The van der Waals surface area contributed by atoms with E-state index in [4.69, 9.17) is 8.94 Å². The van der Waals surface area contributed by atoms with E-state index in [1.165, 1.54) is 0 Å². The molecular weight excluding hydrogens is 394 g/mol. The van der Waals surface area contributed by atoms with Crippen LogP contribution in [0.5, 0.6) is 5.75 Å². The first-order valence-corrected chi connectivity index (χ1v) is 10.3. The van der Waals surface area contributed by atoms with Crippen LogP contribution in [0.4, 0.5) is 5.69 Å². The van der Waals surface area contributed by atoms with Gasteiger partial charge in [0.2, 0.25) is 5.89 Å². The van der Waals surface area contributed by atoms with Crippen molar-refractivity contribution in [2.75, 3.05) is 31.1 Å². The summed E-state index contributed by atoms with van der Waals surface area (Å²) < 4.78 is 11.4. The molecule has 0 aliphatic carbocycles. The lowest BCUT2D eigenvalue weighted by Crippen LogP contribution is -2.46. The standard InChI is InChI=1S/C23H23N5O3/c1-16-21(22(26-31-16)17-7-3-2-4-8-17)23-25-24-20(30-23)15-27-11-13-28(14-12-27)18-9-5-6-10-19(18)29/h2-10,29H,11-15H2,1H3. The Morgan fingerprint density at radius 1 is 0.935 bits per heavy atom. The van der Waals surface area contributed by atoms with Crippen molar-refractivity contribution >= 4 is 5.69 Å². The summed E-state index contributed by atoms with van der Waals surface area (Å²) in [7, 11) is 0. The van der Waals surface area contributed by atoms with Crippen LogP contribution in [0.2, 0.25) is 0 Å². The molecule has 0 amide bonds. The second-order valence-corrected chi connectivity index (χ2v) is 7.58. The summed E-state index contributed by atoms with van der Waals surface area (Å²) in [5.74, 6) is 1.94. The number of piperazine rings is 1. The first-order valence-electron chi connectivity index (χ1n) is 10.3. The van der Waals surface area contributed by atoms with Crippen LogP contribution < -0.4 is 4.90 Å². The number of nitrogens with zero attached hydrogens (tertiary/aromatic N) is 5. The topological polar surface area (TPSA) is 91.7 Å². The summed E-state index contributed by atoms with van der Waals surface area (Å²) in [4.78, 5) is 4.46. The van der Waals surface area contributed by atoms with Crippen molar-refractivity contribution in [3.63, 3.8) is 0 Å². The van der Waals surface area contributed by atoms with E-state index in [0.717, 1.165) is 43.0 Å². The number of hydrogen-bond donors (Lipinski definition) is 1. The van der Waals surface area contributed by atoms with Crippen molar-refractivity contribution in [3.05, 3.63) is 66.2 Å². The number of para-hydroxylation sites is 2. The monoisotopic (exact) mass is 417 g/mol. The number of rotatable bonds is 5. The van der Waals surface area contributed by atoms with Gasteiger partial charge in [-0.05, 0) is 19.1 Å². The van der Waals surface area contributed by atoms with Crippen LogP contribution in [0, 0.1) is 6.92 Å². The molecule has 4 aromatic rings. The van der Waals surface area contributed by atoms with E-state index in [-0.39, 0.29) is 0 Å². The van der Waals surface area contributed by atoms with Gasteiger partial charge >= 0.3 is 0 Å². The number of phenols is 1. The van der Waals surface area contributed by atoms with E-state index in [2.05, 4.69) is 25.2 Å². The third-order valence-corrected chi connectivity index (χ3v) is 5.54. The van der Waals surface area contributed by atoms with Crippen LogP contribution in [-0.4, -0.2) is 51.5 Å². The molecule has 0 radical (unpaired) electrons. The van der Waals surface area contributed by atoms with Gasteiger partial charge in [-0.25, -0.2) is 0 Å². The number of hydrogen-bond acceptors (Lipinski definition) is 8. The Hall–Kier alpha value is -3.65. The maximum absolute atomic E-state index is 10.1. The number of aryl methyl sites for hydroxylation is 1. The Kier molecular flexibility index (Phi) is 5.13. The van der Waals surface area contributed by atoms with Crippen LogP contribution in [0.3, 0.4) is 0 Å². The highest BCUT2D eigenvalue weighted by atomic mass is 16.5. The Labute approximate surface area is 179 Å². The molecule has 1 aliphatic heterocycles. The molecule has 0 saturated carbocycles. The second kappa shape index (κ2) is 8.23. The summed E-state index contributed by atoms with van der Waals surface area (Å²) in [6, 6.07) is 17.3. The van der Waals surface area contributed by atoms with Crippen LogP contribution >= 0.6 is 0 Å². The van der Waals surface area contributed by atoms with Crippen LogP contribution in [-0.2, 0) is 6.54 Å². The molecule has 1 fully saturated rings. The van der Waals surface area contributed by atoms with Crippen molar-refractivity contribution in [1.82, 2.24) is 20.3 Å². The molecular formula is C23H23N5O3. The van der Waals surface area contributed by atoms with E-state index < -0.39 is 0 Å². The molecule has 8 nitrogen and oxygen atoms in total. The highest BCUT2D eigenvalue weighted by Crippen LogP contribution is 2.33. The normalized spacial score (nSPS) is 14.8. The van der Waals surface area contributed by atoms with Crippen molar-refractivity contribution in [3.8, 4) is 28.5 Å². The summed E-state index contributed by atoms with van der Waals surface area (Å²) >= 11 is 0. The number of phenolic OH excluding ortho intramolecular Hbond substituents is 1. The van der Waals surface area contributed by atoms with Crippen molar-refractivity contribution in [2.24, 2.45) is 0 Å². The molecule has 0 bridgehead atoms. The predicted molar refractivity (Wildman–Crippen MR) is 116 cm³/mol. The Bertz CT molecular complexity index is 1160. The first-order chi connectivity index (χ1) is 15.2. The molecule has 158 valence electrons. The largest absolute Gasteiger partial charge is 0.506 e. The van der Waals surface area contributed by atoms with E-state index in [0.29, 0.717) is 35.5 Å².